The zero-order chi connectivity index (χ0) is 11.4. The highest BCUT2D eigenvalue weighted by Gasteiger charge is 2.20. The molecule has 1 atom stereocenters. The average Bonchev–Trinajstić information content (AvgIpc) is 2.73. The highest BCUT2D eigenvalue weighted by molar-refractivity contribution is 8.14. The normalized spacial score (nSPS) is 23.6. The number of carbonyl (C=O) groups excluding carboxylic acids is 1. The molecule has 16 heavy (non-hydrogen) atoms. The number of thioether (sulfide) groups is 1. The monoisotopic (exact) mass is 253 g/mol. The van der Waals surface area contributed by atoms with Gasteiger partial charge in [-0.3, -0.25) is 4.79 Å². The lowest BCUT2D eigenvalue weighted by atomic mass is 10.1. The fourth-order valence-electron chi connectivity index (χ4n) is 1.80. The van der Waals surface area contributed by atoms with Crippen molar-refractivity contribution in [3.63, 3.8) is 0 Å². The van der Waals surface area contributed by atoms with Gasteiger partial charge in [0.2, 0.25) is 0 Å². The molecule has 4 heteroatoms. The summed E-state index contributed by atoms with van der Waals surface area (Å²) in [6.07, 6.45) is 3.26. The minimum absolute atomic E-state index is 0.212. The van der Waals surface area contributed by atoms with Crippen LogP contribution >= 0.6 is 23.1 Å². The highest BCUT2D eigenvalue weighted by Crippen LogP contribution is 2.27. The van der Waals surface area contributed by atoms with E-state index < -0.39 is 0 Å². The van der Waals surface area contributed by atoms with Crippen LogP contribution in [0.1, 0.15) is 18.2 Å². The predicted molar refractivity (Wildman–Crippen MR) is 71.8 cm³/mol. The molecule has 86 valence electrons. The Balaban J connectivity index is 2.12. The third-order valence-corrected chi connectivity index (χ3v) is 4.48. The first-order valence-electron chi connectivity index (χ1n) is 5.37. The summed E-state index contributed by atoms with van der Waals surface area (Å²) in [6.45, 7) is 3.56. The van der Waals surface area contributed by atoms with Crippen LogP contribution in [0.5, 0.6) is 0 Å². The van der Waals surface area contributed by atoms with Crippen molar-refractivity contribution in [2.75, 3.05) is 13.1 Å². The van der Waals surface area contributed by atoms with Gasteiger partial charge in [-0.15, -0.1) is 11.3 Å². The van der Waals surface area contributed by atoms with Crippen LogP contribution in [0.25, 0.3) is 6.08 Å². The number of piperidine rings is 1. The number of rotatable bonds is 2. The molecule has 2 heterocycles. The van der Waals surface area contributed by atoms with Crippen molar-refractivity contribution < 1.29 is 4.79 Å². The van der Waals surface area contributed by atoms with Gasteiger partial charge in [-0.25, -0.2) is 0 Å². The number of hydrogen-bond acceptors (Lipinski definition) is 4. The average molecular weight is 253 g/mol. The van der Waals surface area contributed by atoms with E-state index in [1.54, 1.807) is 18.3 Å². The largest absolute Gasteiger partial charge is 0.313 e. The van der Waals surface area contributed by atoms with E-state index in [0.29, 0.717) is 5.25 Å². The molecule has 0 saturated carbocycles. The summed E-state index contributed by atoms with van der Waals surface area (Å²) in [4.78, 5) is 12.4. The molecule has 0 bridgehead atoms. The van der Waals surface area contributed by atoms with E-state index in [1.165, 1.54) is 22.2 Å². The first kappa shape index (κ1) is 11.9. The zero-order valence-corrected chi connectivity index (χ0v) is 10.9. The first-order chi connectivity index (χ1) is 7.75. The molecule has 1 aliphatic rings. The number of nitrogens with one attached hydrogen (secondary N) is 1. The molecule has 1 unspecified atom stereocenters. The Kier molecular flexibility index (Phi) is 4.21. The zero-order valence-electron chi connectivity index (χ0n) is 9.23. The van der Waals surface area contributed by atoms with Gasteiger partial charge in [-0.2, -0.15) is 0 Å². The first-order valence-corrected chi connectivity index (χ1v) is 7.13. The van der Waals surface area contributed by atoms with Crippen molar-refractivity contribution in [1.82, 2.24) is 5.32 Å². The second kappa shape index (κ2) is 5.66. The molecular weight excluding hydrogens is 238 g/mol. The molecule has 0 spiro atoms. The smallest absolute Gasteiger partial charge is 0.186 e. The lowest BCUT2D eigenvalue weighted by Gasteiger charge is -2.24. The van der Waals surface area contributed by atoms with Gasteiger partial charge in [-0.1, -0.05) is 17.8 Å². The molecule has 0 radical (unpaired) electrons. The van der Waals surface area contributed by atoms with Crippen molar-refractivity contribution in [2.45, 2.75) is 18.6 Å². The Morgan fingerprint density at radius 2 is 2.56 bits per heavy atom. The molecule has 2 rings (SSSR count). The quantitative estimate of drug-likeness (QED) is 0.878. The fraction of sp³-hybridized carbons (Fsp3) is 0.417. The fourth-order valence-corrected chi connectivity index (χ4v) is 3.43. The number of thiophene rings is 1. The third kappa shape index (κ3) is 3.20. The van der Waals surface area contributed by atoms with Crippen molar-refractivity contribution in [2.24, 2.45) is 0 Å². The Morgan fingerprint density at radius 1 is 1.69 bits per heavy atom. The van der Waals surface area contributed by atoms with Crippen molar-refractivity contribution in [3.05, 3.63) is 28.0 Å². The Hall–Kier alpha value is -0.580. The number of hydrogen-bond donors (Lipinski definition) is 1. The van der Waals surface area contributed by atoms with Crippen LogP contribution in [0.3, 0.4) is 0 Å². The SMILES string of the molecule is CC(=O)SC1CCNCC1=Cc1cccs1. The van der Waals surface area contributed by atoms with Crippen molar-refractivity contribution in [3.8, 4) is 0 Å². The Morgan fingerprint density at radius 3 is 3.25 bits per heavy atom. The van der Waals surface area contributed by atoms with Crippen LogP contribution in [0.2, 0.25) is 0 Å². The second-order valence-corrected chi connectivity index (χ2v) is 6.16. The highest BCUT2D eigenvalue weighted by atomic mass is 32.2. The molecule has 1 fully saturated rings. The number of carbonyl (C=O) groups is 1. The summed E-state index contributed by atoms with van der Waals surface area (Å²) in [7, 11) is 0. The molecule has 1 aliphatic heterocycles. The molecule has 1 aromatic heterocycles. The summed E-state index contributed by atoms with van der Waals surface area (Å²) in [6, 6.07) is 4.17. The molecule has 2 nitrogen and oxygen atoms in total. The molecule has 1 N–H and O–H groups in total. The molecule has 0 aromatic carbocycles. The van der Waals surface area contributed by atoms with Crippen LogP contribution in [0.4, 0.5) is 0 Å². The summed E-state index contributed by atoms with van der Waals surface area (Å²) in [5.74, 6) is 0. The van der Waals surface area contributed by atoms with E-state index in [0.717, 1.165) is 19.5 Å². The topological polar surface area (TPSA) is 29.1 Å². The molecule has 1 aromatic rings. The third-order valence-electron chi connectivity index (χ3n) is 2.51. The minimum atomic E-state index is 0.212. The summed E-state index contributed by atoms with van der Waals surface area (Å²) in [5, 5.41) is 6.02. The van der Waals surface area contributed by atoms with Gasteiger partial charge in [0.25, 0.3) is 0 Å². The lowest BCUT2D eigenvalue weighted by Crippen LogP contribution is -2.32. The van der Waals surface area contributed by atoms with Gasteiger partial charge < -0.3 is 5.32 Å². The van der Waals surface area contributed by atoms with Gasteiger partial charge in [-0.05, 0) is 36.1 Å². The van der Waals surface area contributed by atoms with Crippen LogP contribution in [-0.2, 0) is 4.79 Å². The van der Waals surface area contributed by atoms with Gasteiger partial charge in [0.05, 0.1) is 0 Å². The van der Waals surface area contributed by atoms with E-state index >= 15 is 0 Å². The minimum Gasteiger partial charge on any atom is -0.313 e. The molecule has 0 amide bonds. The lowest BCUT2D eigenvalue weighted by molar-refractivity contribution is -0.109. The van der Waals surface area contributed by atoms with Gasteiger partial charge >= 0.3 is 0 Å². The maximum Gasteiger partial charge on any atom is 0.186 e. The maximum absolute atomic E-state index is 11.2. The molecule has 0 aliphatic carbocycles. The van der Waals surface area contributed by atoms with Crippen LogP contribution in [0, 0.1) is 0 Å². The second-order valence-electron chi connectivity index (χ2n) is 3.80. The van der Waals surface area contributed by atoms with Crippen LogP contribution in [0.15, 0.2) is 23.1 Å². The van der Waals surface area contributed by atoms with E-state index in [4.69, 9.17) is 0 Å². The van der Waals surface area contributed by atoms with Crippen molar-refractivity contribution >= 4 is 34.3 Å². The van der Waals surface area contributed by atoms with E-state index in [1.807, 2.05) is 0 Å². The van der Waals surface area contributed by atoms with Gasteiger partial charge in [0.1, 0.15) is 0 Å². The van der Waals surface area contributed by atoms with E-state index in [-0.39, 0.29) is 5.12 Å². The Labute approximate surface area is 104 Å². The standard InChI is InChI=1S/C12H15NOS2/c1-9(14)16-12-4-5-13-8-10(12)7-11-3-2-6-15-11/h2-3,6-7,12-13H,4-5,8H2,1H3. The maximum atomic E-state index is 11.2. The summed E-state index contributed by atoms with van der Waals surface area (Å²) in [5.41, 5.74) is 1.34. The van der Waals surface area contributed by atoms with Gasteiger partial charge in [0, 0.05) is 23.6 Å². The summed E-state index contributed by atoms with van der Waals surface area (Å²) >= 11 is 3.20. The van der Waals surface area contributed by atoms with Crippen molar-refractivity contribution in [1.29, 1.82) is 0 Å². The summed E-state index contributed by atoms with van der Waals surface area (Å²) < 4.78 is 0. The van der Waals surface area contributed by atoms with Crippen LogP contribution < -0.4 is 5.32 Å². The van der Waals surface area contributed by atoms with Crippen LogP contribution in [-0.4, -0.2) is 23.5 Å². The molecule has 1 saturated heterocycles. The van der Waals surface area contributed by atoms with E-state index in [2.05, 4.69) is 28.9 Å². The molecular formula is C12H15NOS2. The van der Waals surface area contributed by atoms with E-state index in [9.17, 15) is 4.79 Å². The predicted octanol–water partition coefficient (Wildman–Crippen LogP) is 2.77. The van der Waals surface area contributed by atoms with Gasteiger partial charge in [0.15, 0.2) is 5.12 Å². The Bertz CT molecular complexity index is 384.